The summed E-state index contributed by atoms with van der Waals surface area (Å²) < 4.78 is 22.8. The van der Waals surface area contributed by atoms with Gasteiger partial charge in [-0.25, -0.2) is 4.39 Å². The number of hydrogen-bond donors (Lipinski definition) is 1. The van der Waals surface area contributed by atoms with Crippen LogP contribution in [0.3, 0.4) is 0 Å². The average molecular weight is 367 g/mol. The molecule has 1 aromatic carbocycles. The maximum atomic E-state index is 13.6. The van der Waals surface area contributed by atoms with E-state index in [2.05, 4.69) is 10.1 Å². The second kappa shape index (κ2) is 7.52. The first-order chi connectivity index (χ1) is 8.58. The van der Waals surface area contributed by atoms with E-state index in [1.807, 2.05) is 22.6 Å². The van der Waals surface area contributed by atoms with Gasteiger partial charge in [-0.3, -0.25) is 4.79 Å². The molecule has 100 valence electrons. The Morgan fingerprint density at radius 3 is 2.78 bits per heavy atom. The lowest BCUT2D eigenvalue weighted by Crippen LogP contribution is -2.29. The summed E-state index contributed by atoms with van der Waals surface area (Å²) in [5.41, 5.74) is 0.532. The maximum absolute atomic E-state index is 13.6. The second-order valence-electron chi connectivity index (χ2n) is 3.58. The largest absolute Gasteiger partial charge is 0.497 e. The fourth-order valence-corrected chi connectivity index (χ4v) is 1.91. The molecule has 0 saturated heterocycles. The number of carbonyl (C=O) groups is 1. The summed E-state index contributed by atoms with van der Waals surface area (Å²) in [6.07, 6.45) is 0. The van der Waals surface area contributed by atoms with Crippen LogP contribution in [0, 0.1) is 5.82 Å². The standard InChI is InChI=1S/C12H15FINO3/c1-17-9-4-3-8(10(13)5-9)6-15-7-11(14)12(16)18-2/h3-5,11,15H,6-7H2,1-2H3. The van der Waals surface area contributed by atoms with Crippen molar-refractivity contribution in [2.45, 2.75) is 10.5 Å². The second-order valence-corrected chi connectivity index (χ2v) is 5.08. The minimum atomic E-state index is -0.329. The monoisotopic (exact) mass is 367 g/mol. The molecule has 0 amide bonds. The molecule has 0 aliphatic rings. The van der Waals surface area contributed by atoms with Crippen molar-refractivity contribution in [1.29, 1.82) is 0 Å². The minimum Gasteiger partial charge on any atom is -0.497 e. The van der Waals surface area contributed by atoms with Gasteiger partial charge in [-0.05, 0) is 6.07 Å². The Balaban J connectivity index is 2.46. The summed E-state index contributed by atoms with van der Waals surface area (Å²) in [5, 5.41) is 3.01. The third kappa shape index (κ3) is 4.41. The van der Waals surface area contributed by atoms with Crippen LogP contribution < -0.4 is 10.1 Å². The molecule has 1 unspecified atom stereocenters. The van der Waals surface area contributed by atoms with Crippen molar-refractivity contribution in [2.24, 2.45) is 0 Å². The van der Waals surface area contributed by atoms with Crippen molar-refractivity contribution in [3.63, 3.8) is 0 Å². The van der Waals surface area contributed by atoms with Crippen LogP contribution in [-0.4, -0.2) is 30.7 Å². The Hall–Kier alpha value is -0.890. The Kier molecular flexibility index (Phi) is 6.34. The molecule has 0 saturated carbocycles. The van der Waals surface area contributed by atoms with Crippen LogP contribution in [-0.2, 0) is 16.1 Å². The third-order valence-corrected chi connectivity index (χ3v) is 3.31. The van der Waals surface area contributed by atoms with Gasteiger partial charge >= 0.3 is 5.97 Å². The maximum Gasteiger partial charge on any atom is 0.319 e. The molecular formula is C12H15FINO3. The van der Waals surface area contributed by atoms with E-state index in [-0.39, 0.29) is 15.7 Å². The predicted molar refractivity (Wildman–Crippen MR) is 74.5 cm³/mol. The third-order valence-electron chi connectivity index (χ3n) is 2.36. The molecule has 0 aromatic heterocycles. The summed E-state index contributed by atoms with van der Waals surface area (Å²) in [4.78, 5) is 11.1. The molecule has 1 aromatic rings. The molecule has 1 N–H and O–H groups in total. The molecule has 0 bridgehead atoms. The number of halogens is 2. The minimum absolute atomic E-state index is 0.283. The number of benzene rings is 1. The topological polar surface area (TPSA) is 47.6 Å². The number of ether oxygens (including phenoxy) is 2. The first-order valence-electron chi connectivity index (χ1n) is 5.33. The van der Waals surface area contributed by atoms with Crippen LogP contribution in [0.15, 0.2) is 18.2 Å². The van der Waals surface area contributed by atoms with E-state index in [9.17, 15) is 9.18 Å². The molecule has 1 atom stereocenters. The van der Waals surface area contributed by atoms with Crippen molar-refractivity contribution in [1.82, 2.24) is 5.32 Å². The highest BCUT2D eigenvalue weighted by atomic mass is 127. The molecular weight excluding hydrogens is 352 g/mol. The Morgan fingerprint density at radius 1 is 1.50 bits per heavy atom. The molecule has 0 radical (unpaired) electrons. The van der Waals surface area contributed by atoms with E-state index in [1.54, 1.807) is 12.1 Å². The normalized spacial score (nSPS) is 12.0. The lowest BCUT2D eigenvalue weighted by atomic mass is 10.2. The number of methoxy groups -OCH3 is 2. The van der Waals surface area contributed by atoms with E-state index >= 15 is 0 Å². The smallest absolute Gasteiger partial charge is 0.319 e. The number of nitrogens with one attached hydrogen (secondary N) is 1. The highest BCUT2D eigenvalue weighted by Gasteiger charge is 2.14. The number of carbonyl (C=O) groups excluding carboxylic acids is 1. The summed E-state index contributed by atoms with van der Waals surface area (Å²) in [6, 6.07) is 4.68. The SMILES string of the molecule is COC(=O)C(I)CNCc1ccc(OC)cc1F. The molecule has 4 nitrogen and oxygen atoms in total. The molecule has 0 heterocycles. The first kappa shape index (κ1) is 15.2. The molecule has 0 spiro atoms. The van der Waals surface area contributed by atoms with Gasteiger partial charge in [0.15, 0.2) is 0 Å². The number of hydrogen-bond acceptors (Lipinski definition) is 4. The van der Waals surface area contributed by atoms with Gasteiger partial charge in [-0.2, -0.15) is 0 Å². The van der Waals surface area contributed by atoms with Crippen LogP contribution >= 0.6 is 22.6 Å². The lowest BCUT2D eigenvalue weighted by molar-refractivity contribution is -0.139. The summed E-state index contributed by atoms with van der Waals surface area (Å²) in [6.45, 7) is 0.783. The van der Waals surface area contributed by atoms with Crippen LogP contribution in [0.1, 0.15) is 5.56 Å². The predicted octanol–water partition coefficient (Wildman–Crippen LogP) is 1.90. The summed E-state index contributed by atoms with van der Waals surface area (Å²) >= 11 is 1.98. The van der Waals surface area contributed by atoms with Gasteiger partial charge in [0, 0.05) is 24.7 Å². The zero-order valence-electron chi connectivity index (χ0n) is 10.2. The molecule has 1 rings (SSSR count). The van der Waals surface area contributed by atoms with Gasteiger partial charge in [0.25, 0.3) is 0 Å². The highest BCUT2D eigenvalue weighted by molar-refractivity contribution is 14.1. The van der Waals surface area contributed by atoms with E-state index in [4.69, 9.17) is 4.74 Å². The summed E-state index contributed by atoms with van der Waals surface area (Å²) in [7, 11) is 2.83. The number of alkyl halides is 1. The van der Waals surface area contributed by atoms with E-state index in [0.717, 1.165) is 0 Å². The molecule has 18 heavy (non-hydrogen) atoms. The van der Waals surface area contributed by atoms with Crippen molar-refractivity contribution in [3.05, 3.63) is 29.6 Å². The van der Waals surface area contributed by atoms with Gasteiger partial charge in [0.2, 0.25) is 0 Å². The molecule has 6 heteroatoms. The van der Waals surface area contributed by atoms with Crippen LogP contribution in [0.2, 0.25) is 0 Å². The van der Waals surface area contributed by atoms with Crippen LogP contribution in [0.5, 0.6) is 5.75 Å². The van der Waals surface area contributed by atoms with Gasteiger partial charge in [-0.15, -0.1) is 0 Å². The van der Waals surface area contributed by atoms with Crippen molar-refractivity contribution >= 4 is 28.6 Å². The van der Waals surface area contributed by atoms with Gasteiger partial charge in [0.1, 0.15) is 15.5 Å². The van der Waals surface area contributed by atoms with Gasteiger partial charge in [-0.1, -0.05) is 28.7 Å². The quantitative estimate of drug-likeness (QED) is 0.474. The van der Waals surface area contributed by atoms with Crippen molar-refractivity contribution < 1.29 is 18.7 Å². The Bertz CT molecular complexity index is 414. The number of esters is 1. The zero-order chi connectivity index (χ0) is 13.5. The Morgan fingerprint density at radius 2 is 2.22 bits per heavy atom. The fourth-order valence-electron chi connectivity index (χ4n) is 1.34. The first-order valence-corrected chi connectivity index (χ1v) is 6.58. The lowest BCUT2D eigenvalue weighted by Gasteiger charge is -2.10. The highest BCUT2D eigenvalue weighted by Crippen LogP contribution is 2.16. The molecule has 0 aliphatic heterocycles. The Labute approximate surface area is 119 Å². The van der Waals surface area contributed by atoms with E-state index < -0.39 is 0 Å². The van der Waals surface area contributed by atoms with Gasteiger partial charge in [0.05, 0.1) is 14.2 Å². The fraction of sp³-hybridized carbons (Fsp3) is 0.417. The average Bonchev–Trinajstić information content (AvgIpc) is 2.39. The van der Waals surface area contributed by atoms with E-state index in [0.29, 0.717) is 24.4 Å². The number of rotatable bonds is 6. The van der Waals surface area contributed by atoms with E-state index in [1.165, 1.54) is 20.3 Å². The van der Waals surface area contributed by atoms with Crippen molar-refractivity contribution in [3.8, 4) is 5.75 Å². The molecule has 0 fully saturated rings. The van der Waals surface area contributed by atoms with Gasteiger partial charge < -0.3 is 14.8 Å². The van der Waals surface area contributed by atoms with Crippen LogP contribution in [0.4, 0.5) is 4.39 Å². The van der Waals surface area contributed by atoms with Crippen molar-refractivity contribution in [2.75, 3.05) is 20.8 Å². The summed E-state index contributed by atoms with van der Waals surface area (Å²) in [5.74, 6) is -0.138. The molecule has 0 aliphatic carbocycles. The van der Waals surface area contributed by atoms with Crippen LogP contribution in [0.25, 0.3) is 0 Å². The zero-order valence-corrected chi connectivity index (χ0v) is 12.4.